The third-order valence-electron chi connectivity index (χ3n) is 2.57. The van der Waals surface area contributed by atoms with Crippen molar-refractivity contribution in [3.63, 3.8) is 0 Å². The van der Waals surface area contributed by atoms with Crippen molar-refractivity contribution in [1.82, 2.24) is 0 Å². The lowest BCUT2D eigenvalue weighted by atomic mass is 10.2. The zero-order valence-electron chi connectivity index (χ0n) is 9.88. The lowest BCUT2D eigenvalue weighted by Crippen LogP contribution is -2.10. The number of nitrogens with one attached hydrogen (secondary N) is 1. The Bertz CT molecular complexity index is 588. The fourth-order valence-corrected chi connectivity index (χ4v) is 2.84. The number of hydrogen-bond donors (Lipinski definition) is 1. The molecule has 2 nitrogen and oxygen atoms in total. The first-order valence-electron chi connectivity index (χ1n) is 5.31. The van der Waals surface area contributed by atoms with E-state index in [1.54, 1.807) is 18.2 Å². The molecule has 0 spiro atoms. The van der Waals surface area contributed by atoms with E-state index in [1.807, 2.05) is 19.9 Å². The first-order chi connectivity index (χ1) is 8.47. The molecule has 0 atom stereocenters. The van der Waals surface area contributed by atoms with Gasteiger partial charge in [0.2, 0.25) is 0 Å². The molecule has 1 N–H and O–H groups in total. The summed E-state index contributed by atoms with van der Waals surface area (Å²) in [5.41, 5.74) is 1.68. The molecule has 0 saturated carbocycles. The predicted molar refractivity (Wildman–Crippen MR) is 78.2 cm³/mol. The second-order valence-electron chi connectivity index (χ2n) is 3.93. The smallest absolute Gasteiger partial charge is 0.265 e. The molecule has 0 aliphatic rings. The Labute approximate surface area is 120 Å². The molecular weight excluding hydrogens is 289 g/mol. The summed E-state index contributed by atoms with van der Waals surface area (Å²) in [6, 6.07) is 6.85. The molecule has 1 heterocycles. The number of anilines is 1. The van der Waals surface area contributed by atoms with Gasteiger partial charge in [-0.25, -0.2) is 0 Å². The Morgan fingerprint density at radius 2 is 1.94 bits per heavy atom. The fourth-order valence-electron chi connectivity index (χ4n) is 1.46. The normalized spacial score (nSPS) is 10.4. The average Bonchev–Trinajstić information content (AvgIpc) is 2.63. The number of carbonyl (C=O) groups excluding carboxylic acids is 1. The average molecular weight is 300 g/mol. The lowest BCUT2D eigenvalue weighted by Gasteiger charge is -2.05. The van der Waals surface area contributed by atoms with Gasteiger partial charge in [0.05, 0.1) is 15.6 Å². The molecule has 2 rings (SSSR count). The summed E-state index contributed by atoms with van der Waals surface area (Å²) in [6.45, 7) is 3.98. The van der Waals surface area contributed by atoms with Gasteiger partial charge in [-0.1, -0.05) is 23.2 Å². The molecule has 1 amide bonds. The highest BCUT2D eigenvalue weighted by molar-refractivity contribution is 7.14. The molecule has 0 aliphatic heterocycles. The van der Waals surface area contributed by atoms with Gasteiger partial charge < -0.3 is 5.32 Å². The Morgan fingerprint density at radius 1 is 1.22 bits per heavy atom. The predicted octanol–water partition coefficient (Wildman–Crippen LogP) is 4.92. The van der Waals surface area contributed by atoms with Gasteiger partial charge >= 0.3 is 0 Å². The van der Waals surface area contributed by atoms with Crippen LogP contribution in [0, 0.1) is 13.8 Å². The Kier molecular flexibility index (Phi) is 3.95. The summed E-state index contributed by atoms with van der Waals surface area (Å²) in [5, 5.41) is 3.75. The summed E-state index contributed by atoms with van der Waals surface area (Å²) in [5.74, 6) is -0.152. The van der Waals surface area contributed by atoms with Crippen LogP contribution in [0.1, 0.15) is 20.1 Å². The standard InChI is InChI=1S/C13H11Cl2NOS/c1-7-5-12(18-8(7)2)13(17)16-11-4-3-9(14)6-10(11)15/h3-6H,1-2H3,(H,16,17). The van der Waals surface area contributed by atoms with Crippen molar-refractivity contribution in [3.8, 4) is 0 Å². The van der Waals surface area contributed by atoms with E-state index in [2.05, 4.69) is 5.32 Å². The summed E-state index contributed by atoms with van der Waals surface area (Å²) in [4.78, 5) is 13.8. The van der Waals surface area contributed by atoms with Crippen LogP contribution in [-0.4, -0.2) is 5.91 Å². The third kappa shape index (κ3) is 2.86. The zero-order chi connectivity index (χ0) is 13.3. The van der Waals surface area contributed by atoms with Crippen LogP contribution in [-0.2, 0) is 0 Å². The lowest BCUT2D eigenvalue weighted by molar-refractivity contribution is 0.103. The summed E-state index contributed by atoms with van der Waals surface area (Å²) < 4.78 is 0. The van der Waals surface area contributed by atoms with Gasteiger partial charge in [0, 0.05) is 9.90 Å². The van der Waals surface area contributed by atoms with Crippen LogP contribution < -0.4 is 5.32 Å². The van der Waals surface area contributed by atoms with Crippen LogP contribution in [0.5, 0.6) is 0 Å². The van der Waals surface area contributed by atoms with Gasteiger partial charge in [-0.2, -0.15) is 0 Å². The molecule has 94 valence electrons. The van der Waals surface area contributed by atoms with Crippen molar-refractivity contribution in [2.75, 3.05) is 5.32 Å². The van der Waals surface area contributed by atoms with Crippen molar-refractivity contribution in [2.24, 2.45) is 0 Å². The van der Waals surface area contributed by atoms with Crippen molar-refractivity contribution < 1.29 is 4.79 Å². The molecular formula is C13H11Cl2NOS. The van der Waals surface area contributed by atoms with Crippen LogP contribution in [0.25, 0.3) is 0 Å². The van der Waals surface area contributed by atoms with E-state index >= 15 is 0 Å². The van der Waals surface area contributed by atoms with Crippen molar-refractivity contribution in [2.45, 2.75) is 13.8 Å². The number of benzene rings is 1. The van der Waals surface area contributed by atoms with Crippen LogP contribution in [0.2, 0.25) is 10.0 Å². The van der Waals surface area contributed by atoms with Crippen molar-refractivity contribution >= 4 is 46.1 Å². The second-order valence-corrected chi connectivity index (χ2v) is 6.03. The largest absolute Gasteiger partial charge is 0.320 e. The molecule has 0 bridgehead atoms. The van der Waals surface area contributed by atoms with Crippen LogP contribution in [0.4, 0.5) is 5.69 Å². The van der Waals surface area contributed by atoms with E-state index in [-0.39, 0.29) is 5.91 Å². The molecule has 0 radical (unpaired) electrons. The molecule has 0 aliphatic carbocycles. The van der Waals surface area contributed by atoms with Gasteiger partial charge in [-0.05, 0) is 43.7 Å². The van der Waals surface area contributed by atoms with E-state index in [9.17, 15) is 4.79 Å². The summed E-state index contributed by atoms with van der Waals surface area (Å²) in [6.07, 6.45) is 0. The van der Waals surface area contributed by atoms with Gasteiger partial charge in [0.15, 0.2) is 0 Å². The molecule has 1 aromatic carbocycles. The summed E-state index contributed by atoms with van der Waals surface area (Å²) >= 11 is 13.3. The molecule has 0 unspecified atom stereocenters. The highest BCUT2D eigenvalue weighted by Crippen LogP contribution is 2.27. The second kappa shape index (κ2) is 5.31. The first-order valence-corrected chi connectivity index (χ1v) is 6.88. The maximum atomic E-state index is 12.0. The maximum absolute atomic E-state index is 12.0. The first kappa shape index (κ1) is 13.4. The zero-order valence-corrected chi connectivity index (χ0v) is 12.2. The van der Waals surface area contributed by atoms with Crippen LogP contribution >= 0.6 is 34.5 Å². The molecule has 0 fully saturated rings. The van der Waals surface area contributed by atoms with E-state index in [0.717, 1.165) is 10.4 Å². The van der Waals surface area contributed by atoms with E-state index < -0.39 is 0 Å². The Morgan fingerprint density at radius 3 is 2.50 bits per heavy atom. The number of rotatable bonds is 2. The van der Waals surface area contributed by atoms with Gasteiger partial charge in [-0.3, -0.25) is 4.79 Å². The molecule has 18 heavy (non-hydrogen) atoms. The van der Waals surface area contributed by atoms with Gasteiger partial charge in [0.1, 0.15) is 0 Å². The Hall–Kier alpha value is -1.03. The van der Waals surface area contributed by atoms with Crippen molar-refractivity contribution in [3.05, 3.63) is 49.6 Å². The molecule has 0 saturated heterocycles. The highest BCUT2D eigenvalue weighted by Gasteiger charge is 2.12. The fraction of sp³-hybridized carbons (Fsp3) is 0.154. The van der Waals surface area contributed by atoms with Gasteiger partial charge in [0.25, 0.3) is 5.91 Å². The number of amides is 1. The monoisotopic (exact) mass is 299 g/mol. The number of thiophene rings is 1. The van der Waals surface area contributed by atoms with Crippen LogP contribution in [0.3, 0.4) is 0 Å². The minimum Gasteiger partial charge on any atom is -0.320 e. The Balaban J connectivity index is 2.21. The number of halogens is 2. The number of hydrogen-bond acceptors (Lipinski definition) is 2. The third-order valence-corrected chi connectivity index (χ3v) is 4.27. The molecule has 2 aromatic rings. The topological polar surface area (TPSA) is 29.1 Å². The number of carbonyl (C=O) groups is 1. The molecule has 1 aromatic heterocycles. The molecule has 5 heteroatoms. The minimum absolute atomic E-state index is 0.152. The SMILES string of the molecule is Cc1cc(C(=O)Nc2ccc(Cl)cc2Cl)sc1C. The van der Waals surface area contributed by atoms with Crippen molar-refractivity contribution in [1.29, 1.82) is 0 Å². The van der Waals surface area contributed by atoms with E-state index in [0.29, 0.717) is 20.6 Å². The highest BCUT2D eigenvalue weighted by atomic mass is 35.5. The van der Waals surface area contributed by atoms with E-state index in [1.165, 1.54) is 11.3 Å². The number of aryl methyl sites for hydroxylation is 2. The van der Waals surface area contributed by atoms with E-state index in [4.69, 9.17) is 23.2 Å². The maximum Gasteiger partial charge on any atom is 0.265 e. The van der Waals surface area contributed by atoms with Gasteiger partial charge in [-0.15, -0.1) is 11.3 Å². The minimum atomic E-state index is -0.152. The van der Waals surface area contributed by atoms with Crippen LogP contribution in [0.15, 0.2) is 24.3 Å². The quantitative estimate of drug-likeness (QED) is 0.837. The summed E-state index contributed by atoms with van der Waals surface area (Å²) in [7, 11) is 0.